The largest absolute Gasteiger partial charge is 0.494 e. The molecule has 0 saturated carbocycles. The standard InChI is InChI=1S/C33H42BrN8OPS/c1-21(2)41-14-11-22(12-15-41)42-16-13-28-24(19-36-40(28)3)23-17-27(30(43-4)18-29(23)42)38-33-35-20-25(34)32(39-33)37-26-9-7-8-10-31(26)44(5,6)45/h7-10,17-22H,11-16H2,1-6H3,(H2,35,37,38,39). The summed E-state index contributed by atoms with van der Waals surface area (Å²) in [6.07, 6.45) is 6.98. The lowest BCUT2D eigenvalue weighted by atomic mass is 9.98. The van der Waals surface area contributed by atoms with Gasteiger partial charge < -0.3 is 25.2 Å². The number of anilines is 5. The molecule has 6 rings (SSSR count). The lowest BCUT2D eigenvalue weighted by Crippen LogP contribution is -2.47. The van der Waals surface area contributed by atoms with Crippen LogP contribution in [-0.2, 0) is 25.3 Å². The number of likely N-dealkylation sites (tertiary alicyclic amines) is 1. The third-order valence-corrected chi connectivity index (χ3v) is 11.7. The van der Waals surface area contributed by atoms with Gasteiger partial charge in [0.2, 0.25) is 5.95 Å². The number of rotatable bonds is 8. The molecule has 2 aliphatic heterocycles. The van der Waals surface area contributed by atoms with Gasteiger partial charge in [-0.05, 0) is 74.1 Å². The third kappa shape index (κ3) is 6.64. The van der Waals surface area contributed by atoms with Crippen LogP contribution in [0.25, 0.3) is 11.1 Å². The number of aryl methyl sites for hydroxylation is 1. The molecule has 12 heteroatoms. The SMILES string of the molecule is COc1cc2c(cc1Nc1ncc(Br)c(Nc3ccccc3P(C)(C)=S)n1)-c1cnn(C)c1CCN2C1CCN(C(C)C)CC1. The van der Waals surface area contributed by atoms with Gasteiger partial charge in [-0.1, -0.05) is 30.0 Å². The highest BCUT2D eigenvalue weighted by molar-refractivity contribution is 9.10. The van der Waals surface area contributed by atoms with Gasteiger partial charge in [-0.15, -0.1) is 0 Å². The van der Waals surface area contributed by atoms with E-state index < -0.39 is 6.04 Å². The maximum atomic E-state index is 6.00. The molecule has 0 spiro atoms. The molecule has 9 nitrogen and oxygen atoms in total. The minimum absolute atomic E-state index is 0.460. The summed E-state index contributed by atoms with van der Waals surface area (Å²) >= 11 is 9.51. The topological polar surface area (TPSA) is 83.4 Å². The zero-order valence-electron chi connectivity index (χ0n) is 26.8. The van der Waals surface area contributed by atoms with E-state index >= 15 is 0 Å². The van der Waals surface area contributed by atoms with Crippen LogP contribution >= 0.6 is 22.0 Å². The fourth-order valence-electron chi connectivity index (χ4n) is 6.53. The molecule has 45 heavy (non-hydrogen) atoms. The molecule has 4 aromatic rings. The van der Waals surface area contributed by atoms with Gasteiger partial charge in [0.1, 0.15) is 11.6 Å². The van der Waals surface area contributed by atoms with Crippen LogP contribution in [0.2, 0.25) is 0 Å². The van der Waals surface area contributed by atoms with Gasteiger partial charge in [-0.25, -0.2) is 4.98 Å². The van der Waals surface area contributed by atoms with Gasteiger partial charge in [-0.2, -0.15) is 10.1 Å². The van der Waals surface area contributed by atoms with E-state index in [1.54, 1.807) is 13.3 Å². The monoisotopic (exact) mass is 708 g/mol. The van der Waals surface area contributed by atoms with Gasteiger partial charge in [0, 0.05) is 90.9 Å². The molecule has 2 N–H and O–H groups in total. The van der Waals surface area contributed by atoms with Crippen molar-refractivity contribution in [3.63, 3.8) is 0 Å². The highest BCUT2D eigenvalue weighted by Crippen LogP contribution is 2.45. The van der Waals surface area contributed by atoms with Crippen molar-refractivity contribution in [1.82, 2.24) is 24.6 Å². The van der Waals surface area contributed by atoms with E-state index in [0.29, 0.717) is 23.8 Å². The summed E-state index contributed by atoms with van der Waals surface area (Å²) in [5.74, 6) is 1.86. The number of ether oxygens (including phenoxy) is 1. The van der Waals surface area contributed by atoms with Crippen LogP contribution in [0.4, 0.5) is 28.8 Å². The van der Waals surface area contributed by atoms with Gasteiger partial charge in [-0.3, -0.25) is 4.68 Å². The fourth-order valence-corrected chi connectivity index (χ4v) is 8.45. The Morgan fingerprint density at radius 3 is 2.49 bits per heavy atom. The first-order chi connectivity index (χ1) is 21.5. The third-order valence-electron chi connectivity index (χ3n) is 8.97. The minimum Gasteiger partial charge on any atom is -0.494 e. The number of aromatic nitrogens is 4. The minimum atomic E-state index is -1.68. The molecule has 0 atom stereocenters. The number of nitrogens with one attached hydrogen (secondary N) is 2. The first-order valence-electron chi connectivity index (χ1n) is 15.5. The second kappa shape index (κ2) is 13.0. The lowest BCUT2D eigenvalue weighted by molar-refractivity contribution is 0.170. The van der Waals surface area contributed by atoms with Gasteiger partial charge in [0.25, 0.3) is 0 Å². The second-order valence-corrected chi connectivity index (χ2v) is 19.3. The Morgan fingerprint density at radius 1 is 1.02 bits per heavy atom. The van der Waals surface area contributed by atoms with Crippen LogP contribution < -0.4 is 25.6 Å². The molecule has 0 amide bonds. The Morgan fingerprint density at radius 2 is 1.78 bits per heavy atom. The number of piperidine rings is 1. The number of nitrogens with zero attached hydrogens (tertiary/aromatic N) is 6. The lowest BCUT2D eigenvalue weighted by Gasteiger charge is -2.41. The summed E-state index contributed by atoms with van der Waals surface area (Å²) in [5, 5.41) is 12.7. The molecule has 2 aromatic carbocycles. The first kappa shape index (κ1) is 32.0. The zero-order valence-corrected chi connectivity index (χ0v) is 30.1. The second-order valence-electron chi connectivity index (χ2n) is 12.5. The van der Waals surface area contributed by atoms with E-state index in [0.717, 1.165) is 76.9 Å². The van der Waals surface area contributed by atoms with Crippen molar-refractivity contribution in [2.45, 2.75) is 45.2 Å². The van der Waals surface area contributed by atoms with Crippen molar-refractivity contribution in [1.29, 1.82) is 0 Å². The van der Waals surface area contributed by atoms with E-state index in [1.807, 2.05) is 36.1 Å². The van der Waals surface area contributed by atoms with Crippen molar-refractivity contribution in [2.75, 3.05) is 55.6 Å². The van der Waals surface area contributed by atoms with E-state index in [4.69, 9.17) is 21.5 Å². The summed E-state index contributed by atoms with van der Waals surface area (Å²) in [4.78, 5) is 14.7. The average molecular weight is 710 g/mol. The van der Waals surface area contributed by atoms with E-state index in [9.17, 15) is 0 Å². The molecule has 2 aromatic heterocycles. The average Bonchev–Trinajstić information content (AvgIpc) is 3.30. The quantitative estimate of drug-likeness (QED) is 0.194. The number of hydrogen-bond donors (Lipinski definition) is 2. The molecule has 0 radical (unpaired) electrons. The molecular formula is C33H42BrN8OPS. The van der Waals surface area contributed by atoms with E-state index in [2.05, 4.69) is 91.8 Å². The molecule has 1 saturated heterocycles. The first-order valence-corrected chi connectivity index (χ1v) is 20.0. The summed E-state index contributed by atoms with van der Waals surface area (Å²) in [6, 6.07) is 11.9. The number of benzene rings is 2. The molecule has 0 aliphatic carbocycles. The molecule has 0 bridgehead atoms. The zero-order chi connectivity index (χ0) is 31.9. The Labute approximate surface area is 279 Å². The van der Waals surface area contributed by atoms with Gasteiger partial charge >= 0.3 is 0 Å². The highest BCUT2D eigenvalue weighted by atomic mass is 79.9. The smallest absolute Gasteiger partial charge is 0.229 e. The van der Waals surface area contributed by atoms with E-state index in [-0.39, 0.29) is 0 Å². The van der Waals surface area contributed by atoms with Crippen molar-refractivity contribution in [2.24, 2.45) is 7.05 Å². The normalized spacial score (nSPS) is 15.9. The van der Waals surface area contributed by atoms with Crippen molar-refractivity contribution in [3.8, 4) is 16.9 Å². The molecule has 238 valence electrons. The summed E-state index contributed by atoms with van der Waals surface area (Å²) < 4.78 is 8.77. The van der Waals surface area contributed by atoms with Crippen molar-refractivity contribution in [3.05, 3.63) is 59.0 Å². The summed E-state index contributed by atoms with van der Waals surface area (Å²) in [6.45, 7) is 12.0. The maximum absolute atomic E-state index is 6.00. The molecular weight excluding hydrogens is 667 g/mol. The molecule has 1 fully saturated rings. The summed E-state index contributed by atoms with van der Waals surface area (Å²) in [5.41, 5.74) is 6.50. The van der Waals surface area contributed by atoms with Gasteiger partial charge in [0.15, 0.2) is 0 Å². The number of methoxy groups -OCH3 is 1. The molecule has 2 aliphatic rings. The fraction of sp³-hybridized carbons (Fsp3) is 0.424. The maximum Gasteiger partial charge on any atom is 0.229 e. The Kier molecular flexibility index (Phi) is 9.26. The van der Waals surface area contributed by atoms with Crippen LogP contribution in [0, 0.1) is 0 Å². The number of fused-ring (bicyclic) bond motifs is 3. The number of halogens is 1. The predicted octanol–water partition coefficient (Wildman–Crippen LogP) is 6.74. The van der Waals surface area contributed by atoms with Crippen LogP contribution in [0.5, 0.6) is 5.75 Å². The van der Waals surface area contributed by atoms with Crippen molar-refractivity contribution >= 4 is 67.9 Å². The Bertz CT molecular complexity index is 1750. The molecule has 0 unspecified atom stereocenters. The van der Waals surface area contributed by atoms with Crippen LogP contribution in [-0.4, -0.2) is 76.8 Å². The Hall–Kier alpha value is -2.98. The van der Waals surface area contributed by atoms with Crippen LogP contribution in [0.3, 0.4) is 0 Å². The van der Waals surface area contributed by atoms with E-state index in [1.165, 1.54) is 11.4 Å². The Balaban J connectivity index is 1.36. The van der Waals surface area contributed by atoms with Crippen LogP contribution in [0.15, 0.2) is 53.3 Å². The molecule has 4 heterocycles. The number of hydrogen-bond acceptors (Lipinski definition) is 9. The highest BCUT2D eigenvalue weighted by Gasteiger charge is 2.31. The van der Waals surface area contributed by atoms with Gasteiger partial charge in [0.05, 0.1) is 23.5 Å². The van der Waals surface area contributed by atoms with Crippen LogP contribution in [0.1, 0.15) is 32.4 Å². The van der Waals surface area contributed by atoms with Crippen molar-refractivity contribution < 1.29 is 4.74 Å². The predicted molar refractivity (Wildman–Crippen MR) is 194 cm³/mol. The number of para-hydroxylation sites is 1. The summed E-state index contributed by atoms with van der Waals surface area (Å²) in [7, 11) is 3.76.